The van der Waals surface area contributed by atoms with Crippen molar-refractivity contribution in [3.8, 4) is 11.5 Å². The molecule has 1 fully saturated rings. The van der Waals surface area contributed by atoms with Gasteiger partial charge in [-0.25, -0.2) is 0 Å². The number of H-pyrrole nitrogens is 1. The second kappa shape index (κ2) is 5.19. The monoisotopic (exact) mass is 273 g/mol. The summed E-state index contributed by atoms with van der Waals surface area (Å²) in [5.74, 6) is 2.41. The number of hydrogen-bond acceptors (Lipinski definition) is 3. The smallest absolute Gasteiger partial charge is 0.146 e. The molecule has 0 aliphatic heterocycles. The van der Waals surface area contributed by atoms with Crippen LogP contribution in [0.15, 0.2) is 18.3 Å². The topological polar surface area (TPSA) is 51.3 Å². The molecule has 1 aromatic heterocycles. The van der Waals surface area contributed by atoms with Crippen molar-refractivity contribution in [2.75, 3.05) is 14.2 Å². The third-order valence-corrected chi connectivity index (χ3v) is 4.20. The number of methoxy groups -OCH3 is 2. The number of hydrogen-bond donors (Lipinski definition) is 1. The summed E-state index contributed by atoms with van der Waals surface area (Å²) < 4.78 is 10.8. The van der Waals surface area contributed by atoms with E-state index in [1.165, 1.54) is 5.56 Å². The fourth-order valence-electron chi connectivity index (χ4n) is 3.06. The molecule has 0 atom stereocenters. The van der Waals surface area contributed by atoms with Crippen molar-refractivity contribution in [1.29, 1.82) is 0 Å². The first-order valence-electron chi connectivity index (χ1n) is 6.97. The molecule has 4 heteroatoms. The zero-order valence-electron chi connectivity index (χ0n) is 11.9. The Labute approximate surface area is 118 Å². The Kier molecular flexibility index (Phi) is 3.38. The van der Waals surface area contributed by atoms with Crippen LogP contribution >= 0.6 is 0 Å². The van der Waals surface area contributed by atoms with Crippen LogP contribution in [0.25, 0.3) is 10.9 Å². The van der Waals surface area contributed by atoms with E-state index in [9.17, 15) is 4.79 Å². The second-order valence-corrected chi connectivity index (χ2v) is 5.31. The van der Waals surface area contributed by atoms with Crippen molar-refractivity contribution >= 4 is 16.7 Å². The van der Waals surface area contributed by atoms with E-state index in [0.29, 0.717) is 24.5 Å². The lowest BCUT2D eigenvalue weighted by molar-refractivity contribution is -0.120. The van der Waals surface area contributed by atoms with Gasteiger partial charge in [0.15, 0.2) is 0 Å². The van der Waals surface area contributed by atoms with Crippen molar-refractivity contribution in [1.82, 2.24) is 4.98 Å². The van der Waals surface area contributed by atoms with Gasteiger partial charge in [0, 0.05) is 30.5 Å². The number of Topliss-reactive ketones (excluding diaryl/α,β-unsaturated/α-hetero) is 1. The summed E-state index contributed by atoms with van der Waals surface area (Å²) in [5.41, 5.74) is 2.27. The highest BCUT2D eigenvalue weighted by Crippen LogP contribution is 2.39. The zero-order chi connectivity index (χ0) is 14.1. The second-order valence-electron chi connectivity index (χ2n) is 5.31. The molecule has 0 spiro atoms. The summed E-state index contributed by atoms with van der Waals surface area (Å²) in [5, 5.41) is 1.14. The molecule has 106 valence electrons. The van der Waals surface area contributed by atoms with E-state index in [1.807, 2.05) is 18.3 Å². The van der Waals surface area contributed by atoms with Crippen LogP contribution in [0.1, 0.15) is 37.2 Å². The van der Waals surface area contributed by atoms with E-state index in [4.69, 9.17) is 9.47 Å². The average Bonchev–Trinajstić information content (AvgIpc) is 2.90. The molecular formula is C16H19NO3. The predicted molar refractivity (Wildman–Crippen MR) is 77.6 cm³/mol. The van der Waals surface area contributed by atoms with Gasteiger partial charge in [-0.05, 0) is 30.4 Å². The Balaban J connectivity index is 2.05. The van der Waals surface area contributed by atoms with E-state index in [1.54, 1.807) is 14.2 Å². The summed E-state index contributed by atoms with van der Waals surface area (Å²) in [6.07, 6.45) is 5.31. The molecule has 20 heavy (non-hydrogen) atoms. The van der Waals surface area contributed by atoms with Gasteiger partial charge >= 0.3 is 0 Å². The summed E-state index contributed by atoms with van der Waals surface area (Å²) in [6, 6.07) is 3.92. The van der Waals surface area contributed by atoms with E-state index < -0.39 is 0 Å². The largest absolute Gasteiger partial charge is 0.497 e. The predicted octanol–water partition coefficient (Wildman–Crippen LogP) is 3.41. The fourth-order valence-corrected chi connectivity index (χ4v) is 3.06. The molecule has 2 aromatic rings. The molecule has 0 amide bonds. The highest BCUT2D eigenvalue weighted by Gasteiger charge is 2.23. The SMILES string of the molecule is COc1cc(OC)c2[nH]cc(C3CCC(=O)CC3)c2c1. The van der Waals surface area contributed by atoms with Crippen LogP contribution in [0.4, 0.5) is 0 Å². The Morgan fingerprint density at radius 1 is 1.15 bits per heavy atom. The molecule has 1 saturated carbocycles. The third kappa shape index (κ3) is 2.15. The molecule has 0 unspecified atom stereocenters. The number of fused-ring (bicyclic) bond motifs is 1. The van der Waals surface area contributed by atoms with Gasteiger partial charge in [-0.3, -0.25) is 4.79 Å². The quantitative estimate of drug-likeness (QED) is 0.932. The van der Waals surface area contributed by atoms with Crippen LogP contribution in [0.3, 0.4) is 0 Å². The van der Waals surface area contributed by atoms with Crippen LogP contribution in [-0.2, 0) is 4.79 Å². The van der Waals surface area contributed by atoms with Gasteiger partial charge in [-0.2, -0.15) is 0 Å². The maximum atomic E-state index is 11.4. The first kappa shape index (κ1) is 13.0. The highest BCUT2D eigenvalue weighted by atomic mass is 16.5. The van der Waals surface area contributed by atoms with E-state index in [-0.39, 0.29) is 0 Å². The van der Waals surface area contributed by atoms with Gasteiger partial charge in [0.1, 0.15) is 17.3 Å². The van der Waals surface area contributed by atoms with Crippen LogP contribution in [0.5, 0.6) is 11.5 Å². The molecule has 4 nitrogen and oxygen atoms in total. The summed E-state index contributed by atoms with van der Waals surface area (Å²) in [7, 11) is 3.32. The van der Waals surface area contributed by atoms with Crippen molar-refractivity contribution < 1.29 is 14.3 Å². The average molecular weight is 273 g/mol. The molecule has 0 saturated heterocycles. The van der Waals surface area contributed by atoms with Gasteiger partial charge in [-0.1, -0.05) is 0 Å². The van der Waals surface area contributed by atoms with Gasteiger partial charge in [0.05, 0.1) is 19.7 Å². The number of carbonyl (C=O) groups excluding carboxylic acids is 1. The lowest BCUT2D eigenvalue weighted by Crippen LogP contribution is -2.12. The molecule has 1 aromatic carbocycles. The molecule has 3 rings (SSSR count). The highest BCUT2D eigenvalue weighted by molar-refractivity contribution is 5.90. The number of benzene rings is 1. The van der Waals surface area contributed by atoms with Crippen molar-refractivity contribution in [3.63, 3.8) is 0 Å². The van der Waals surface area contributed by atoms with Crippen LogP contribution in [-0.4, -0.2) is 25.0 Å². The number of ether oxygens (including phenoxy) is 2. The third-order valence-electron chi connectivity index (χ3n) is 4.20. The molecule has 0 radical (unpaired) electrons. The Hall–Kier alpha value is -1.97. The van der Waals surface area contributed by atoms with Crippen molar-refractivity contribution in [2.24, 2.45) is 0 Å². The number of carbonyl (C=O) groups is 1. The molecular weight excluding hydrogens is 254 g/mol. The molecule has 1 aliphatic rings. The summed E-state index contributed by atoms with van der Waals surface area (Å²) in [4.78, 5) is 14.7. The summed E-state index contributed by atoms with van der Waals surface area (Å²) in [6.45, 7) is 0. The standard InChI is InChI=1S/C16H19NO3/c1-19-12-7-13-14(10-3-5-11(18)6-4-10)9-17-16(13)15(8-12)20-2/h7-10,17H,3-6H2,1-2H3. The summed E-state index contributed by atoms with van der Waals surface area (Å²) >= 11 is 0. The number of aromatic nitrogens is 1. The molecule has 1 aliphatic carbocycles. The van der Waals surface area contributed by atoms with Gasteiger partial charge in [-0.15, -0.1) is 0 Å². The van der Waals surface area contributed by atoms with Gasteiger partial charge < -0.3 is 14.5 Å². The zero-order valence-corrected chi connectivity index (χ0v) is 11.9. The lowest BCUT2D eigenvalue weighted by atomic mass is 9.83. The Morgan fingerprint density at radius 3 is 2.55 bits per heavy atom. The van der Waals surface area contributed by atoms with Crippen LogP contribution < -0.4 is 9.47 Å². The number of nitrogens with one attached hydrogen (secondary N) is 1. The van der Waals surface area contributed by atoms with E-state index >= 15 is 0 Å². The first-order chi connectivity index (χ1) is 9.72. The van der Waals surface area contributed by atoms with E-state index in [2.05, 4.69) is 4.98 Å². The minimum Gasteiger partial charge on any atom is -0.497 e. The van der Waals surface area contributed by atoms with Crippen LogP contribution in [0, 0.1) is 0 Å². The lowest BCUT2D eigenvalue weighted by Gasteiger charge is -2.20. The van der Waals surface area contributed by atoms with Crippen molar-refractivity contribution in [3.05, 3.63) is 23.9 Å². The van der Waals surface area contributed by atoms with Gasteiger partial charge in [0.2, 0.25) is 0 Å². The number of aromatic amines is 1. The number of ketones is 1. The van der Waals surface area contributed by atoms with Crippen LogP contribution in [0.2, 0.25) is 0 Å². The first-order valence-corrected chi connectivity index (χ1v) is 6.97. The minimum absolute atomic E-state index is 0.385. The Morgan fingerprint density at radius 2 is 1.90 bits per heavy atom. The molecule has 1 heterocycles. The Bertz CT molecular complexity index is 634. The van der Waals surface area contributed by atoms with E-state index in [0.717, 1.165) is 35.2 Å². The normalized spacial score (nSPS) is 16.6. The van der Waals surface area contributed by atoms with Crippen molar-refractivity contribution in [2.45, 2.75) is 31.6 Å². The number of rotatable bonds is 3. The molecule has 1 N–H and O–H groups in total. The van der Waals surface area contributed by atoms with Gasteiger partial charge in [0.25, 0.3) is 0 Å². The fraction of sp³-hybridized carbons (Fsp3) is 0.438. The maximum Gasteiger partial charge on any atom is 0.146 e. The minimum atomic E-state index is 0.385. The maximum absolute atomic E-state index is 11.4. The molecule has 0 bridgehead atoms.